The standard InChI is InChI=1S/C12H18ClN3O/c1-4-12(14,5-2)11(17)16-9-7-15-10(13)6-8(9)3/h6-7H,4-5,14H2,1-3H3,(H,16,17). The largest absolute Gasteiger partial charge is 0.323 e. The number of halogens is 1. The summed E-state index contributed by atoms with van der Waals surface area (Å²) >= 11 is 5.75. The van der Waals surface area contributed by atoms with E-state index in [9.17, 15) is 4.79 Å². The number of rotatable bonds is 4. The normalized spacial score (nSPS) is 11.4. The number of carbonyl (C=O) groups is 1. The summed E-state index contributed by atoms with van der Waals surface area (Å²) in [6, 6.07) is 1.70. The molecule has 1 aromatic rings. The van der Waals surface area contributed by atoms with E-state index in [4.69, 9.17) is 17.3 Å². The van der Waals surface area contributed by atoms with E-state index in [-0.39, 0.29) is 5.91 Å². The van der Waals surface area contributed by atoms with Crippen LogP contribution in [0.1, 0.15) is 32.3 Å². The Morgan fingerprint density at radius 2 is 2.12 bits per heavy atom. The molecule has 0 aromatic carbocycles. The lowest BCUT2D eigenvalue weighted by atomic mass is 9.93. The van der Waals surface area contributed by atoms with Gasteiger partial charge in [-0.05, 0) is 31.4 Å². The minimum absolute atomic E-state index is 0.185. The third kappa shape index (κ3) is 3.17. The van der Waals surface area contributed by atoms with Gasteiger partial charge in [-0.1, -0.05) is 25.4 Å². The second-order valence-electron chi connectivity index (χ2n) is 4.14. The van der Waals surface area contributed by atoms with Crippen molar-refractivity contribution in [2.24, 2.45) is 5.73 Å². The van der Waals surface area contributed by atoms with Gasteiger partial charge >= 0.3 is 0 Å². The molecular formula is C12H18ClN3O. The molecule has 1 aromatic heterocycles. The van der Waals surface area contributed by atoms with Crippen molar-refractivity contribution in [3.8, 4) is 0 Å². The van der Waals surface area contributed by atoms with Crippen molar-refractivity contribution in [1.29, 1.82) is 0 Å². The third-order valence-electron chi connectivity index (χ3n) is 3.04. The smallest absolute Gasteiger partial charge is 0.244 e. The zero-order valence-electron chi connectivity index (χ0n) is 10.4. The van der Waals surface area contributed by atoms with Gasteiger partial charge in [0.2, 0.25) is 5.91 Å². The first-order valence-electron chi connectivity index (χ1n) is 5.65. The number of nitrogens with one attached hydrogen (secondary N) is 1. The number of hydrogen-bond donors (Lipinski definition) is 2. The first-order chi connectivity index (χ1) is 7.92. The number of carbonyl (C=O) groups excluding carboxylic acids is 1. The van der Waals surface area contributed by atoms with Crippen LogP contribution < -0.4 is 11.1 Å². The van der Waals surface area contributed by atoms with E-state index in [1.165, 1.54) is 0 Å². The first-order valence-corrected chi connectivity index (χ1v) is 6.03. The molecule has 1 heterocycles. The van der Waals surface area contributed by atoms with Crippen molar-refractivity contribution < 1.29 is 4.79 Å². The summed E-state index contributed by atoms with van der Waals surface area (Å²) in [6.45, 7) is 5.66. The molecule has 0 saturated heterocycles. The van der Waals surface area contributed by atoms with E-state index < -0.39 is 5.54 Å². The maximum absolute atomic E-state index is 12.0. The van der Waals surface area contributed by atoms with Crippen LogP contribution in [0.15, 0.2) is 12.3 Å². The zero-order chi connectivity index (χ0) is 13.1. The molecule has 0 atom stereocenters. The molecular weight excluding hydrogens is 238 g/mol. The summed E-state index contributed by atoms with van der Waals surface area (Å²) < 4.78 is 0. The van der Waals surface area contributed by atoms with E-state index in [1.54, 1.807) is 12.3 Å². The molecule has 0 unspecified atom stereocenters. The van der Waals surface area contributed by atoms with Crippen LogP contribution in [0, 0.1) is 6.92 Å². The van der Waals surface area contributed by atoms with Crippen LogP contribution >= 0.6 is 11.6 Å². The highest BCUT2D eigenvalue weighted by atomic mass is 35.5. The Kier molecular flexibility index (Phi) is 4.48. The number of nitrogens with zero attached hydrogens (tertiary/aromatic N) is 1. The lowest BCUT2D eigenvalue weighted by Gasteiger charge is -2.25. The predicted octanol–water partition coefficient (Wildman–Crippen LogP) is 2.50. The van der Waals surface area contributed by atoms with Crippen molar-refractivity contribution in [2.45, 2.75) is 39.2 Å². The molecule has 0 saturated carbocycles. The van der Waals surface area contributed by atoms with Gasteiger partial charge in [0.05, 0.1) is 17.4 Å². The SMILES string of the molecule is CCC(N)(CC)C(=O)Nc1cnc(Cl)cc1C. The molecule has 1 rings (SSSR count). The minimum atomic E-state index is -0.827. The summed E-state index contributed by atoms with van der Waals surface area (Å²) in [5, 5.41) is 3.20. The average molecular weight is 256 g/mol. The average Bonchev–Trinajstić information content (AvgIpc) is 2.31. The first kappa shape index (κ1) is 13.9. The number of amides is 1. The van der Waals surface area contributed by atoms with Crippen molar-refractivity contribution in [2.75, 3.05) is 5.32 Å². The summed E-state index contributed by atoms with van der Waals surface area (Å²) in [5.74, 6) is -0.185. The Balaban J connectivity index is 2.88. The fraction of sp³-hybridized carbons (Fsp3) is 0.500. The summed E-state index contributed by atoms with van der Waals surface area (Å²) in [5.41, 5.74) is 6.70. The highest BCUT2D eigenvalue weighted by Crippen LogP contribution is 2.20. The van der Waals surface area contributed by atoms with E-state index in [2.05, 4.69) is 10.3 Å². The van der Waals surface area contributed by atoms with Gasteiger partial charge in [0.15, 0.2) is 0 Å². The Morgan fingerprint density at radius 3 is 2.59 bits per heavy atom. The molecule has 94 valence electrons. The number of aromatic nitrogens is 1. The Hall–Kier alpha value is -1.13. The van der Waals surface area contributed by atoms with Crippen LogP contribution in [-0.4, -0.2) is 16.4 Å². The molecule has 0 spiro atoms. The number of aryl methyl sites for hydroxylation is 1. The summed E-state index contributed by atoms with van der Waals surface area (Å²) in [4.78, 5) is 16.0. The van der Waals surface area contributed by atoms with E-state index in [0.717, 1.165) is 5.56 Å². The molecule has 0 aliphatic carbocycles. The van der Waals surface area contributed by atoms with Gasteiger partial charge in [0, 0.05) is 0 Å². The van der Waals surface area contributed by atoms with Gasteiger partial charge in [-0.2, -0.15) is 0 Å². The van der Waals surface area contributed by atoms with Crippen LogP contribution in [0.5, 0.6) is 0 Å². The van der Waals surface area contributed by atoms with Crippen LogP contribution in [0.3, 0.4) is 0 Å². The molecule has 5 heteroatoms. The molecule has 0 aliphatic heterocycles. The molecule has 17 heavy (non-hydrogen) atoms. The molecule has 0 fully saturated rings. The van der Waals surface area contributed by atoms with Gasteiger partial charge in [0.1, 0.15) is 5.15 Å². The molecule has 0 aliphatic rings. The lowest BCUT2D eigenvalue weighted by molar-refractivity contribution is -0.121. The maximum atomic E-state index is 12.0. The van der Waals surface area contributed by atoms with Crippen molar-refractivity contribution >= 4 is 23.2 Å². The van der Waals surface area contributed by atoms with Crippen molar-refractivity contribution in [3.05, 3.63) is 23.0 Å². The van der Waals surface area contributed by atoms with Crippen LogP contribution in [-0.2, 0) is 4.79 Å². The predicted molar refractivity (Wildman–Crippen MR) is 70.1 cm³/mol. The molecule has 4 nitrogen and oxygen atoms in total. The van der Waals surface area contributed by atoms with Gasteiger partial charge in [-0.25, -0.2) is 4.98 Å². The van der Waals surface area contributed by atoms with E-state index in [1.807, 2.05) is 20.8 Å². The monoisotopic (exact) mass is 255 g/mol. The fourth-order valence-corrected chi connectivity index (χ4v) is 1.68. The zero-order valence-corrected chi connectivity index (χ0v) is 11.1. The highest BCUT2D eigenvalue weighted by Gasteiger charge is 2.30. The minimum Gasteiger partial charge on any atom is -0.323 e. The Bertz CT molecular complexity index is 416. The van der Waals surface area contributed by atoms with Gasteiger partial charge in [-0.15, -0.1) is 0 Å². The Labute approximate surface area is 107 Å². The molecule has 0 bridgehead atoms. The summed E-state index contributed by atoms with van der Waals surface area (Å²) in [6.07, 6.45) is 2.73. The van der Waals surface area contributed by atoms with Gasteiger partial charge in [0.25, 0.3) is 0 Å². The highest BCUT2D eigenvalue weighted by molar-refractivity contribution is 6.29. The second kappa shape index (κ2) is 5.47. The molecule has 1 amide bonds. The number of hydrogen-bond acceptors (Lipinski definition) is 3. The van der Waals surface area contributed by atoms with Gasteiger partial charge < -0.3 is 11.1 Å². The van der Waals surface area contributed by atoms with Crippen LogP contribution in [0.4, 0.5) is 5.69 Å². The summed E-state index contributed by atoms with van der Waals surface area (Å²) in [7, 11) is 0. The number of nitrogens with two attached hydrogens (primary N) is 1. The fourth-order valence-electron chi connectivity index (χ4n) is 1.47. The maximum Gasteiger partial charge on any atom is 0.244 e. The van der Waals surface area contributed by atoms with Gasteiger partial charge in [-0.3, -0.25) is 4.79 Å². The number of anilines is 1. The molecule has 3 N–H and O–H groups in total. The van der Waals surface area contributed by atoms with E-state index in [0.29, 0.717) is 23.7 Å². The molecule has 0 radical (unpaired) electrons. The second-order valence-corrected chi connectivity index (χ2v) is 4.53. The van der Waals surface area contributed by atoms with Crippen molar-refractivity contribution in [1.82, 2.24) is 4.98 Å². The van der Waals surface area contributed by atoms with Crippen molar-refractivity contribution in [3.63, 3.8) is 0 Å². The quantitative estimate of drug-likeness (QED) is 0.813. The van der Waals surface area contributed by atoms with Crippen LogP contribution in [0.2, 0.25) is 5.15 Å². The topological polar surface area (TPSA) is 68.0 Å². The van der Waals surface area contributed by atoms with E-state index >= 15 is 0 Å². The van der Waals surface area contributed by atoms with Crippen LogP contribution in [0.25, 0.3) is 0 Å². The Morgan fingerprint density at radius 1 is 1.53 bits per heavy atom. The lowest BCUT2D eigenvalue weighted by Crippen LogP contribution is -2.50. The number of pyridine rings is 1. The third-order valence-corrected chi connectivity index (χ3v) is 3.25.